The van der Waals surface area contributed by atoms with Crippen molar-refractivity contribution < 1.29 is 17.2 Å². The lowest BCUT2D eigenvalue weighted by molar-refractivity contribution is 0.391. The zero-order chi connectivity index (χ0) is 16.9. The first-order chi connectivity index (χ1) is 11.5. The van der Waals surface area contributed by atoms with Gasteiger partial charge in [0.1, 0.15) is 0 Å². The SMILES string of the molecule is O=S(=O)(c1ccc(F)c(F)c1)N1CCc2c(cnc3[nH]ncc23)C1. The van der Waals surface area contributed by atoms with Crippen LogP contribution in [0.25, 0.3) is 11.0 Å². The predicted molar refractivity (Wildman–Crippen MR) is 81.5 cm³/mol. The first-order valence-corrected chi connectivity index (χ1v) is 8.66. The summed E-state index contributed by atoms with van der Waals surface area (Å²) < 4.78 is 53.0. The Hall–Kier alpha value is -2.39. The van der Waals surface area contributed by atoms with Crippen molar-refractivity contribution in [3.63, 3.8) is 0 Å². The lowest BCUT2D eigenvalue weighted by atomic mass is 10.0. The first kappa shape index (κ1) is 15.2. The third-order valence-corrected chi connectivity index (χ3v) is 6.01. The summed E-state index contributed by atoms with van der Waals surface area (Å²) in [6, 6.07) is 2.59. The van der Waals surface area contributed by atoms with Crippen molar-refractivity contribution >= 4 is 21.1 Å². The van der Waals surface area contributed by atoms with Gasteiger partial charge >= 0.3 is 0 Å². The van der Waals surface area contributed by atoms with Crippen molar-refractivity contribution in [3.05, 3.63) is 53.4 Å². The van der Waals surface area contributed by atoms with Gasteiger partial charge in [-0.2, -0.15) is 9.40 Å². The van der Waals surface area contributed by atoms with E-state index in [1.165, 1.54) is 4.31 Å². The van der Waals surface area contributed by atoms with E-state index < -0.39 is 21.7 Å². The molecule has 9 heteroatoms. The number of nitrogens with zero attached hydrogens (tertiary/aromatic N) is 3. The molecule has 24 heavy (non-hydrogen) atoms. The molecule has 124 valence electrons. The van der Waals surface area contributed by atoms with E-state index >= 15 is 0 Å². The second kappa shape index (κ2) is 5.32. The van der Waals surface area contributed by atoms with Crippen LogP contribution in [0, 0.1) is 11.6 Å². The second-order valence-electron chi connectivity index (χ2n) is 5.56. The standard InChI is InChI=1S/C15H12F2N4O2S/c16-13-2-1-10(5-14(13)17)24(22,23)21-4-3-11-9(8-21)6-18-15-12(11)7-19-20-15/h1-2,5-7H,3-4,8H2,(H,18,19,20). The van der Waals surface area contributed by atoms with E-state index in [0.29, 0.717) is 18.1 Å². The lowest BCUT2D eigenvalue weighted by Gasteiger charge is -2.28. The molecule has 0 radical (unpaired) electrons. The molecule has 0 aliphatic carbocycles. The van der Waals surface area contributed by atoms with Gasteiger partial charge in [-0.3, -0.25) is 5.10 Å². The number of sulfonamides is 1. The highest BCUT2D eigenvalue weighted by Gasteiger charge is 2.30. The summed E-state index contributed by atoms with van der Waals surface area (Å²) in [5, 5.41) is 7.60. The van der Waals surface area contributed by atoms with Crippen molar-refractivity contribution in [1.82, 2.24) is 19.5 Å². The van der Waals surface area contributed by atoms with Gasteiger partial charge in [-0.15, -0.1) is 0 Å². The molecule has 0 bridgehead atoms. The Bertz CT molecular complexity index is 1050. The Labute approximate surface area is 136 Å². The fourth-order valence-corrected chi connectivity index (χ4v) is 4.35. The van der Waals surface area contributed by atoms with Gasteiger partial charge in [0.05, 0.1) is 11.1 Å². The number of H-pyrrole nitrogens is 1. The highest BCUT2D eigenvalue weighted by molar-refractivity contribution is 7.89. The van der Waals surface area contributed by atoms with Gasteiger partial charge in [0.2, 0.25) is 10.0 Å². The molecular weight excluding hydrogens is 338 g/mol. The number of nitrogens with one attached hydrogen (secondary N) is 1. The number of rotatable bonds is 2. The Kier molecular flexibility index (Phi) is 3.36. The summed E-state index contributed by atoms with van der Waals surface area (Å²) in [6.07, 6.45) is 3.78. The maximum Gasteiger partial charge on any atom is 0.243 e. The van der Waals surface area contributed by atoms with Gasteiger partial charge in [0.15, 0.2) is 17.3 Å². The summed E-state index contributed by atoms with van der Waals surface area (Å²) in [7, 11) is -3.91. The molecule has 3 aromatic rings. The molecule has 0 atom stereocenters. The van der Waals surface area contributed by atoms with Crippen molar-refractivity contribution in [2.45, 2.75) is 17.9 Å². The van der Waals surface area contributed by atoms with Crippen LogP contribution in [-0.4, -0.2) is 34.4 Å². The van der Waals surface area contributed by atoms with Crippen LogP contribution >= 0.6 is 0 Å². The monoisotopic (exact) mass is 350 g/mol. The molecule has 0 saturated carbocycles. The predicted octanol–water partition coefficient (Wildman–Crippen LogP) is 1.98. The molecule has 6 nitrogen and oxygen atoms in total. The molecular formula is C15H12F2N4O2S. The molecule has 1 aromatic carbocycles. The molecule has 2 aromatic heterocycles. The largest absolute Gasteiger partial charge is 0.261 e. The van der Waals surface area contributed by atoms with Crippen molar-refractivity contribution in [2.75, 3.05) is 6.54 Å². The van der Waals surface area contributed by atoms with E-state index in [0.717, 1.165) is 28.6 Å². The average Bonchev–Trinajstić information content (AvgIpc) is 3.05. The van der Waals surface area contributed by atoms with Crippen LogP contribution in [0.1, 0.15) is 11.1 Å². The number of hydrogen-bond acceptors (Lipinski definition) is 4. The minimum atomic E-state index is -3.91. The van der Waals surface area contributed by atoms with Crippen LogP contribution < -0.4 is 0 Å². The van der Waals surface area contributed by atoms with Crippen LogP contribution in [-0.2, 0) is 23.0 Å². The fraction of sp³-hybridized carbons (Fsp3) is 0.200. The number of hydrogen-bond donors (Lipinski definition) is 1. The van der Waals surface area contributed by atoms with Crippen LogP contribution in [0.3, 0.4) is 0 Å². The second-order valence-corrected chi connectivity index (χ2v) is 7.50. The Morgan fingerprint density at radius 3 is 2.79 bits per heavy atom. The van der Waals surface area contributed by atoms with Gasteiger partial charge in [0, 0.05) is 24.7 Å². The van der Waals surface area contributed by atoms with E-state index in [9.17, 15) is 17.2 Å². The maximum absolute atomic E-state index is 13.4. The summed E-state index contributed by atoms with van der Waals surface area (Å²) >= 11 is 0. The quantitative estimate of drug-likeness (QED) is 0.767. The molecule has 0 spiro atoms. The van der Waals surface area contributed by atoms with Crippen molar-refractivity contribution in [2.24, 2.45) is 0 Å². The number of aromatic amines is 1. The summed E-state index contributed by atoms with van der Waals surface area (Å²) in [5.41, 5.74) is 2.44. The number of aromatic nitrogens is 3. The number of pyridine rings is 1. The van der Waals surface area contributed by atoms with Gasteiger partial charge in [0.25, 0.3) is 0 Å². The summed E-state index contributed by atoms with van der Waals surface area (Å²) in [4.78, 5) is 3.96. The zero-order valence-corrected chi connectivity index (χ0v) is 13.1. The van der Waals surface area contributed by atoms with E-state index in [1.54, 1.807) is 12.4 Å². The van der Waals surface area contributed by atoms with Crippen molar-refractivity contribution in [3.8, 4) is 0 Å². The van der Waals surface area contributed by atoms with Crippen LogP contribution in [0.5, 0.6) is 0 Å². The molecule has 3 heterocycles. The van der Waals surface area contributed by atoms with Crippen molar-refractivity contribution in [1.29, 1.82) is 0 Å². The Balaban J connectivity index is 1.71. The van der Waals surface area contributed by atoms with Crippen LogP contribution in [0.4, 0.5) is 8.78 Å². The molecule has 0 amide bonds. The third-order valence-electron chi connectivity index (χ3n) is 4.17. The molecule has 0 saturated heterocycles. The smallest absolute Gasteiger partial charge is 0.243 e. The highest BCUT2D eigenvalue weighted by atomic mass is 32.2. The zero-order valence-electron chi connectivity index (χ0n) is 12.3. The van der Waals surface area contributed by atoms with Crippen LogP contribution in [0.2, 0.25) is 0 Å². The highest BCUT2D eigenvalue weighted by Crippen LogP contribution is 2.28. The maximum atomic E-state index is 13.4. The molecule has 1 aliphatic heterocycles. The molecule has 0 fully saturated rings. The van der Waals surface area contributed by atoms with E-state index in [1.807, 2.05) is 0 Å². The molecule has 1 N–H and O–H groups in total. The average molecular weight is 350 g/mol. The Morgan fingerprint density at radius 1 is 1.17 bits per heavy atom. The van der Waals surface area contributed by atoms with E-state index in [-0.39, 0.29) is 18.0 Å². The number of halogens is 2. The van der Waals surface area contributed by atoms with Crippen LogP contribution in [0.15, 0.2) is 35.5 Å². The van der Waals surface area contributed by atoms with E-state index in [2.05, 4.69) is 15.2 Å². The molecule has 0 unspecified atom stereocenters. The van der Waals surface area contributed by atoms with Gasteiger partial charge in [-0.05, 0) is 35.7 Å². The molecule has 4 rings (SSSR count). The van der Waals surface area contributed by atoms with Gasteiger partial charge in [-0.1, -0.05) is 0 Å². The minimum Gasteiger partial charge on any atom is -0.261 e. The normalized spacial score (nSPS) is 15.6. The van der Waals surface area contributed by atoms with Gasteiger partial charge < -0.3 is 0 Å². The summed E-state index contributed by atoms with van der Waals surface area (Å²) in [6.45, 7) is 0.378. The minimum absolute atomic E-state index is 0.130. The summed E-state index contributed by atoms with van der Waals surface area (Å²) in [5.74, 6) is -2.26. The topological polar surface area (TPSA) is 79.0 Å². The van der Waals surface area contributed by atoms with E-state index in [4.69, 9.17) is 0 Å². The Morgan fingerprint density at radius 2 is 2.00 bits per heavy atom. The number of benzene rings is 1. The first-order valence-electron chi connectivity index (χ1n) is 7.22. The third kappa shape index (κ3) is 2.28. The molecule has 1 aliphatic rings. The lowest BCUT2D eigenvalue weighted by Crippen LogP contribution is -2.36. The number of fused-ring (bicyclic) bond motifs is 3. The van der Waals surface area contributed by atoms with Gasteiger partial charge in [-0.25, -0.2) is 22.2 Å². The fourth-order valence-electron chi connectivity index (χ4n) is 2.92.